The van der Waals surface area contributed by atoms with E-state index in [4.69, 9.17) is 5.73 Å². The van der Waals surface area contributed by atoms with E-state index in [9.17, 15) is 13.2 Å². The van der Waals surface area contributed by atoms with Crippen molar-refractivity contribution in [2.75, 3.05) is 11.3 Å². The van der Waals surface area contributed by atoms with Crippen LogP contribution in [0.3, 0.4) is 0 Å². The zero-order valence-corrected chi connectivity index (χ0v) is 16.3. The van der Waals surface area contributed by atoms with Crippen molar-refractivity contribution in [1.82, 2.24) is 5.32 Å². The van der Waals surface area contributed by atoms with Gasteiger partial charge in [0.1, 0.15) is 0 Å². The van der Waals surface area contributed by atoms with E-state index in [-0.39, 0.29) is 17.3 Å². The molecule has 2 aromatic carbocycles. The van der Waals surface area contributed by atoms with Gasteiger partial charge in [0.25, 0.3) is 15.9 Å². The maximum absolute atomic E-state index is 12.7. The van der Waals surface area contributed by atoms with Crippen LogP contribution in [0, 0.1) is 13.8 Å². The van der Waals surface area contributed by atoms with Gasteiger partial charge < -0.3 is 11.1 Å². The second-order valence-corrected chi connectivity index (χ2v) is 8.68. The number of nitrogens with one attached hydrogen (secondary N) is 2. The largest absolute Gasteiger partial charge is 0.346 e. The molecule has 1 amide bonds. The highest BCUT2D eigenvalue weighted by atomic mass is 32.2. The quantitative estimate of drug-likeness (QED) is 0.722. The van der Waals surface area contributed by atoms with Crippen LogP contribution in [0.25, 0.3) is 0 Å². The van der Waals surface area contributed by atoms with Crippen LogP contribution in [-0.2, 0) is 10.0 Å². The fourth-order valence-electron chi connectivity index (χ4n) is 2.36. The maximum Gasteiger partial charge on any atom is 0.261 e. The highest BCUT2D eigenvalue weighted by Gasteiger charge is 2.22. The topological polar surface area (TPSA) is 101 Å². The first-order chi connectivity index (χ1) is 12.0. The molecule has 140 valence electrons. The summed E-state index contributed by atoms with van der Waals surface area (Å²) in [6.45, 7) is 7.52. The summed E-state index contributed by atoms with van der Waals surface area (Å²) in [6.07, 6.45) is 0. The summed E-state index contributed by atoms with van der Waals surface area (Å²) in [6, 6.07) is 11.6. The highest BCUT2D eigenvalue weighted by Crippen LogP contribution is 2.20. The molecule has 7 heteroatoms. The van der Waals surface area contributed by atoms with E-state index in [1.54, 1.807) is 45.0 Å². The first-order valence-corrected chi connectivity index (χ1v) is 9.75. The molecule has 0 saturated carbocycles. The van der Waals surface area contributed by atoms with E-state index in [1.165, 1.54) is 12.1 Å². The van der Waals surface area contributed by atoms with Gasteiger partial charge in [0, 0.05) is 23.3 Å². The Balaban J connectivity index is 2.34. The molecule has 2 aromatic rings. The summed E-state index contributed by atoms with van der Waals surface area (Å²) in [5.41, 5.74) is 7.47. The Morgan fingerprint density at radius 2 is 1.81 bits per heavy atom. The van der Waals surface area contributed by atoms with Gasteiger partial charge in [-0.3, -0.25) is 9.52 Å². The molecule has 26 heavy (non-hydrogen) atoms. The molecule has 0 aliphatic rings. The molecule has 0 aromatic heterocycles. The SMILES string of the molecule is Cc1cccc(NS(=O)(=O)c2ccc(C)c(C(=O)NC(C)(C)CN)c2)c1. The van der Waals surface area contributed by atoms with Gasteiger partial charge in [0.05, 0.1) is 4.90 Å². The molecule has 0 radical (unpaired) electrons. The number of rotatable bonds is 6. The normalized spacial score (nSPS) is 11.9. The monoisotopic (exact) mass is 375 g/mol. The first kappa shape index (κ1) is 19.9. The van der Waals surface area contributed by atoms with Crippen molar-refractivity contribution in [3.8, 4) is 0 Å². The zero-order chi connectivity index (χ0) is 19.5. The van der Waals surface area contributed by atoms with E-state index < -0.39 is 15.6 Å². The number of hydrogen-bond acceptors (Lipinski definition) is 4. The van der Waals surface area contributed by atoms with Gasteiger partial charge in [-0.2, -0.15) is 0 Å². The van der Waals surface area contributed by atoms with E-state index in [2.05, 4.69) is 10.0 Å². The average Bonchev–Trinajstić information content (AvgIpc) is 2.54. The lowest BCUT2D eigenvalue weighted by Gasteiger charge is -2.24. The zero-order valence-electron chi connectivity index (χ0n) is 15.5. The van der Waals surface area contributed by atoms with Crippen molar-refractivity contribution in [3.05, 3.63) is 59.2 Å². The number of sulfonamides is 1. The molecular formula is C19H25N3O3S. The summed E-state index contributed by atoms with van der Waals surface area (Å²) in [5, 5.41) is 2.82. The first-order valence-electron chi connectivity index (χ1n) is 8.27. The molecule has 0 aliphatic heterocycles. The number of carbonyl (C=O) groups is 1. The number of amides is 1. The summed E-state index contributed by atoms with van der Waals surface area (Å²) in [4.78, 5) is 12.6. The summed E-state index contributed by atoms with van der Waals surface area (Å²) in [5.74, 6) is -0.356. The second-order valence-electron chi connectivity index (χ2n) is 6.99. The van der Waals surface area contributed by atoms with Crippen LogP contribution < -0.4 is 15.8 Å². The van der Waals surface area contributed by atoms with E-state index in [0.717, 1.165) is 5.56 Å². The van der Waals surface area contributed by atoms with Crippen molar-refractivity contribution in [3.63, 3.8) is 0 Å². The van der Waals surface area contributed by atoms with Crippen LogP contribution in [-0.4, -0.2) is 26.4 Å². The Hall–Kier alpha value is -2.38. The molecule has 0 saturated heterocycles. The average molecular weight is 375 g/mol. The summed E-state index contributed by atoms with van der Waals surface area (Å²) < 4.78 is 27.9. The van der Waals surface area contributed by atoms with Crippen molar-refractivity contribution >= 4 is 21.6 Å². The molecule has 2 rings (SSSR count). The van der Waals surface area contributed by atoms with Gasteiger partial charge in [-0.05, 0) is 63.1 Å². The lowest BCUT2D eigenvalue weighted by Crippen LogP contribution is -2.49. The summed E-state index contributed by atoms with van der Waals surface area (Å²) in [7, 11) is -3.81. The molecule has 6 nitrogen and oxygen atoms in total. The van der Waals surface area contributed by atoms with Crippen LogP contribution in [0.4, 0.5) is 5.69 Å². The predicted molar refractivity (Wildman–Crippen MR) is 104 cm³/mol. The minimum atomic E-state index is -3.81. The van der Waals surface area contributed by atoms with Crippen molar-refractivity contribution in [1.29, 1.82) is 0 Å². The van der Waals surface area contributed by atoms with Gasteiger partial charge in [-0.25, -0.2) is 8.42 Å². The standard InChI is InChI=1S/C19H25N3O3S/c1-13-6-5-7-15(10-13)22-26(24,25)16-9-8-14(2)17(11-16)18(23)21-19(3,4)12-20/h5-11,22H,12,20H2,1-4H3,(H,21,23). The lowest BCUT2D eigenvalue weighted by molar-refractivity contribution is 0.0915. The minimum Gasteiger partial charge on any atom is -0.346 e. The smallest absolute Gasteiger partial charge is 0.261 e. The third kappa shape index (κ3) is 4.83. The number of hydrogen-bond donors (Lipinski definition) is 3. The highest BCUT2D eigenvalue weighted by molar-refractivity contribution is 7.92. The maximum atomic E-state index is 12.7. The molecule has 0 fully saturated rings. The number of carbonyl (C=O) groups excluding carboxylic acids is 1. The number of anilines is 1. The van der Waals surface area contributed by atoms with Crippen LogP contribution in [0.15, 0.2) is 47.4 Å². The van der Waals surface area contributed by atoms with Gasteiger partial charge in [0.15, 0.2) is 0 Å². The fourth-order valence-corrected chi connectivity index (χ4v) is 3.44. The fraction of sp³-hybridized carbons (Fsp3) is 0.316. The van der Waals surface area contributed by atoms with Gasteiger partial charge in [-0.15, -0.1) is 0 Å². The van der Waals surface area contributed by atoms with Gasteiger partial charge >= 0.3 is 0 Å². The number of aryl methyl sites for hydroxylation is 2. The summed E-state index contributed by atoms with van der Waals surface area (Å²) >= 11 is 0. The molecule has 0 bridgehead atoms. The van der Waals surface area contributed by atoms with Gasteiger partial charge in [0.2, 0.25) is 0 Å². The third-order valence-electron chi connectivity index (χ3n) is 4.00. The Morgan fingerprint density at radius 1 is 1.12 bits per heavy atom. The molecule has 0 aliphatic carbocycles. The molecule has 0 spiro atoms. The third-order valence-corrected chi connectivity index (χ3v) is 5.38. The van der Waals surface area contributed by atoms with Crippen molar-refractivity contribution in [2.45, 2.75) is 38.1 Å². The number of nitrogens with two attached hydrogens (primary N) is 1. The Morgan fingerprint density at radius 3 is 2.42 bits per heavy atom. The van der Waals surface area contributed by atoms with Crippen LogP contribution in [0.1, 0.15) is 35.3 Å². The van der Waals surface area contributed by atoms with E-state index in [1.807, 2.05) is 13.0 Å². The van der Waals surface area contributed by atoms with Crippen molar-refractivity contribution < 1.29 is 13.2 Å². The predicted octanol–water partition coefficient (Wildman–Crippen LogP) is 2.57. The van der Waals surface area contributed by atoms with E-state index >= 15 is 0 Å². The lowest BCUT2D eigenvalue weighted by atomic mass is 10.0. The van der Waals surface area contributed by atoms with Crippen LogP contribution >= 0.6 is 0 Å². The molecule has 4 N–H and O–H groups in total. The number of benzene rings is 2. The second kappa shape index (κ2) is 7.47. The van der Waals surface area contributed by atoms with Crippen LogP contribution in [0.2, 0.25) is 0 Å². The van der Waals surface area contributed by atoms with Crippen LogP contribution in [0.5, 0.6) is 0 Å². The Kier molecular flexibility index (Phi) is 5.73. The Bertz CT molecular complexity index is 921. The molecule has 0 unspecified atom stereocenters. The molecular weight excluding hydrogens is 350 g/mol. The molecule has 0 heterocycles. The Labute approximate surface area is 154 Å². The van der Waals surface area contributed by atoms with Crippen molar-refractivity contribution in [2.24, 2.45) is 5.73 Å². The van der Waals surface area contributed by atoms with Gasteiger partial charge in [-0.1, -0.05) is 18.2 Å². The minimum absolute atomic E-state index is 0.0281. The molecule has 0 atom stereocenters. The van der Waals surface area contributed by atoms with E-state index in [0.29, 0.717) is 16.8 Å².